The van der Waals surface area contributed by atoms with Gasteiger partial charge in [0.15, 0.2) is 0 Å². The minimum absolute atomic E-state index is 0.400. The van der Waals surface area contributed by atoms with Crippen molar-refractivity contribution in [1.82, 2.24) is 4.90 Å². The van der Waals surface area contributed by atoms with E-state index in [4.69, 9.17) is 18.0 Å². The zero-order valence-electron chi connectivity index (χ0n) is 10.7. The topological polar surface area (TPSA) is 29.3 Å². The zero-order chi connectivity index (χ0) is 13.1. The highest BCUT2D eigenvalue weighted by atomic mass is 32.2. The molecular formula is C14H18N2S2. The van der Waals surface area contributed by atoms with E-state index in [9.17, 15) is 0 Å². The van der Waals surface area contributed by atoms with Crippen LogP contribution in [0.25, 0.3) is 0 Å². The highest BCUT2D eigenvalue weighted by Crippen LogP contribution is 2.32. The van der Waals surface area contributed by atoms with Crippen LogP contribution in [0.1, 0.15) is 12.5 Å². The van der Waals surface area contributed by atoms with Crippen molar-refractivity contribution in [3.8, 4) is 0 Å². The molecule has 1 unspecified atom stereocenters. The third-order valence-corrected chi connectivity index (χ3v) is 4.61. The number of hydrogen-bond acceptors (Lipinski definition) is 3. The van der Waals surface area contributed by atoms with Crippen molar-refractivity contribution >= 4 is 29.0 Å². The number of benzene rings is 1. The highest BCUT2D eigenvalue weighted by Gasteiger charge is 2.29. The standard InChI is InChI=1S/C14H18N2S2/c1-10-13(18-2)12(14(15)17)9-16(10)8-11-6-4-3-5-7-11/h3-7,10H,8-9H2,1-2H3,(H2,15,17). The average molecular weight is 278 g/mol. The molecular weight excluding hydrogens is 260 g/mol. The molecule has 0 saturated heterocycles. The fraction of sp³-hybridized carbons (Fsp3) is 0.357. The molecule has 0 bridgehead atoms. The van der Waals surface area contributed by atoms with E-state index in [0.29, 0.717) is 11.0 Å². The van der Waals surface area contributed by atoms with Crippen LogP contribution in [-0.4, -0.2) is 28.7 Å². The van der Waals surface area contributed by atoms with Crippen LogP contribution >= 0.6 is 24.0 Å². The Hall–Kier alpha value is -0.840. The summed E-state index contributed by atoms with van der Waals surface area (Å²) >= 11 is 6.91. The summed E-state index contributed by atoms with van der Waals surface area (Å²) in [5.74, 6) is 0. The van der Waals surface area contributed by atoms with Gasteiger partial charge >= 0.3 is 0 Å². The molecule has 0 amide bonds. The lowest BCUT2D eigenvalue weighted by atomic mass is 10.2. The summed E-state index contributed by atoms with van der Waals surface area (Å²) in [6.45, 7) is 4.03. The first-order valence-electron chi connectivity index (χ1n) is 5.98. The van der Waals surface area contributed by atoms with Gasteiger partial charge in [-0.15, -0.1) is 11.8 Å². The van der Waals surface area contributed by atoms with E-state index in [1.807, 2.05) is 6.07 Å². The van der Waals surface area contributed by atoms with E-state index >= 15 is 0 Å². The molecule has 0 saturated carbocycles. The summed E-state index contributed by atoms with van der Waals surface area (Å²) in [5, 5.41) is 0. The predicted octanol–water partition coefficient (Wildman–Crippen LogP) is 2.79. The molecule has 1 aliphatic heterocycles. The molecule has 2 N–H and O–H groups in total. The lowest BCUT2D eigenvalue weighted by Gasteiger charge is -2.22. The van der Waals surface area contributed by atoms with E-state index in [-0.39, 0.29) is 0 Å². The van der Waals surface area contributed by atoms with Crippen LogP contribution in [0, 0.1) is 0 Å². The number of thioether (sulfide) groups is 1. The summed E-state index contributed by atoms with van der Waals surface area (Å²) in [7, 11) is 0. The monoisotopic (exact) mass is 278 g/mol. The molecule has 0 fully saturated rings. The molecule has 1 aromatic rings. The molecule has 96 valence electrons. The molecule has 0 aromatic heterocycles. The van der Waals surface area contributed by atoms with Crippen LogP contribution in [0.15, 0.2) is 40.8 Å². The van der Waals surface area contributed by atoms with Crippen LogP contribution in [0.2, 0.25) is 0 Å². The largest absolute Gasteiger partial charge is 0.390 e. The Morgan fingerprint density at radius 3 is 2.61 bits per heavy atom. The Morgan fingerprint density at radius 1 is 1.44 bits per heavy atom. The summed E-state index contributed by atoms with van der Waals surface area (Å²) in [6, 6.07) is 10.9. The van der Waals surface area contributed by atoms with Crippen molar-refractivity contribution in [1.29, 1.82) is 0 Å². The average Bonchev–Trinajstić information content (AvgIpc) is 2.68. The van der Waals surface area contributed by atoms with Gasteiger partial charge < -0.3 is 5.73 Å². The summed E-state index contributed by atoms with van der Waals surface area (Å²) < 4.78 is 0. The summed E-state index contributed by atoms with van der Waals surface area (Å²) in [6.07, 6.45) is 2.09. The van der Waals surface area contributed by atoms with Gasteiger partial charge in [-0.25, -0.2) is 0 Å². The van der Waals surface area contributed by atoms with Crippen molar-refractivity contribution in [2.24, 2.45) is 5.73 Å². The van der Waals surface area contributed by atoms with Crippen LogP contribution in [0.5, 0.6) is 0 Å². The van der Waals surface area contributed by atoms with Crippen LogP contribution in [0.4, 0.5) is 0 Å². The molecule has 2 rings (SSSR count). The van der Waals surface area contributed by atoms with E-state index in [1.165, 1.54) is 10.5 Å². The Morgan fingerprint density at radius 2 is 2.11 bits per heavy atom. The molecule has 4 heteroatoms. The lowest BCUT2D eigenvalue weighted by molar-refractivity contribution is 0.274. The number of nitrogens with two attached hydrogens (primary N) is 1. The van der Waals surface area contributed by atoms with Crippen LogP contribution in [0.3, 0.4) is 0 Å². The molecule has 1 aromatic carbocycles. The maximum atomic E-state index is 5.82. The van der Waals surface area contributed by atoms with E-state index < -0.39 is 0 Å². The zero-order valence-corrected chi connectivity index (χ0v) is 12.4. The SMILES string of the molecule is CSC1=C(C(N)=S)CN(Cc2ccccc2)C1C. The van der Waals surface area contributed by atoms with Gasteiger partial charge in [-0.3, -0.25) is 4.90 Å². The molecule has 1 aliphatic rings. The minimum atomic E-state index is 0.400. The first kappa shape index (κ1) is 13.6. The first-order chi connectivity index (χ1) is 8.63. The quantitative estimate of drug-likeness (QED) is 0.858. The molecule has 1 atom stereocenters. The van der Waals surface area contributed by atoms with Crippen molar-refractivity contribution in [2.45, 2.75) is 19.5 Å². The van der Waals surface area contributed by atoms with Gasteiger partial charge in [-0.1, -0.05) is 42.5 Å². The maximum absolute atomic E-state index is 5.82. The summed E-state index contributed by atoms with van der Waals surface area (Å²) in [4.78, 5) is 4.27. The normalized spacial score (nSPS) is 20.4. The number of nitrogens with zero attached hydrogens (tertiary/aromatic N) is 1. The second-order valence-electron chi connectivity index (χ2n) is 4.48. The third-order valence-electron chi connectivity index (χ3n) is 3.33. The minimum Gasteiger partial charge on any atom is -0.390 e. The van der Waals surface area contributed by atoms with Crippen LogP contribution in [-0.2, 0) is 6.54 Å². The van der Waals surface area contributed by atoms with Gasteiger partial charge in [0, 0.05) is 29.6 Å². The molecule has 0 spiro atoms. The molecule has 1 heterocycles. The Balaban J connectivity index is 2.13. The van der Waals surface area contributed by atoms with Crippen molar-refractivity contribution in [3.63, 3.8) is 0 Å². The Kier molecular flexibility index (Phi) is 4.43. The highest BCUT2D eigenvalue weighted by molar-refractivity contribution is 8.02. The van der Waals surface area contributed by atoms with E-state index in [2.05, 4.69) is 42.3 Å². The second-order valence-corrected chi connectivity index (χ2v) is 5.77. The van der Waals surface area contributed by atoms with Gasteiger partial charge in [0.25, 0.3) is 0 Å². The number of thiocarbonyl (C=S) groups is 1. The van der Waals surface area contributed by atoms with Crippen molar-refractivity contribution in [3.05, 3.63) is 46.4 Å². The Labute approximate surface area is 118 Å². The Bertz CT molecular complexity index is 468. The second kappa shape index (κ2) is 5.87. The molecule has 18 heavy (non-hydrogen) atoms. The molecule has 2 nitrogen and oxygen atoms in total. The predicted molar refractivity (Wildman–Crippen MR) is 83.6 cm³/mol. The number of hydrogen-bond donors (Lipinski definition) is 1. The first-order valence-corrected chi connectivity index (χ1v) is 7.61. The fourth-order valence-corrected chi connectivity index (χ4v) is 3.49. The van der Waals surface area contributed by atoms with Gasteiger partial charge in [-0.05, 0) is 18.7 Å². The van der Waals surface area contributed by atoms with Crippen molar-refractivity contribution < 1.29 is 0 Å². The van der Waals surface area contributed by atoms with Gasteiger partial charge in [0.2, 0.25) is 0 Å². The lowest BCUT2D eigenvalue weighted by Crippen LogP contribution is -2.29. The van der Waals surface area contributed by atoms with Gasteiger partial charge in [-0.2, -0.15) is 0 Å². The van der Waals surface area contributed by atoms with Crippen molar-refractivity contribution in [2.75, 3.05) is 12.8 Å². The molecule has 0 aliphatic carbocycles. The number of rotatable bonds is 4. The van der Waals surface area contributed by atoms with E-state index in [1.54, 1.807) is 11.8 Å². The van der Waals surface area contributed by atoms with Gasteiger partial charge in [0.1, 0.15) is 4.99 Å². The van der Waals surface area contributed by atoms with E-state index in [0.717, 1.165) is 18.7 Å². The maximum Gasteiger partial charge on any atom is 0.102 e. The van der Waals surface area contributed by atoms with Gasteiger partial charge in [0.05, 0.1) is 0 Å². The third kappa shape index (κ3) is 2.76. The van der Waals surface area contributed by atoms with Crippen LogP contribution < -0.4 is 5.73 Å². The summed E-state index contributed by atoms with van der Waals surface area (Å²) in [5.41, 5.74) is 8.28. The smallest absolute Gasteiger partial charge is 0.102 e. The molecule has 0 radical (unpaired) electrons. The fourth-order valence-electron chi connectivity index (χ4n) is 2.34.